The van der Waals surface area contributed by atoms with Gasteiger partial charge in [0, 0.05) is 13.0 Å². The summed E-state index contributed by atoms with van der Waals surface area (Å²) in [5.41, 5.74) is 5.57. The number of esters is 1. The zero-order valence-corrected chi connectivity index (χ0v) is 21.3. The standard InChI is InChI=1S/C27H38N4O5/c1-19(2)16-30(22(32)18-36-23(33)15-9-14-20-10-5-3-6-11-20)24-25(28)31(27(35)29-26(24)34)17-21-12-7-4-8-13-21/h4,7-8,12-13,19-20H,3,5-6,9-11,14-18,28H2,1-2H3,(H,29,34,35). The molecule has 0 bridgehead atoms. The number of nitrogens with zero attached hydrogens (tertiary/aromatic N) is 2. The lowest BCUT2D eigenvalue weighted by atomic mass is 9.86. The molecule has 0 atom stereocenters. The van der Waals surface area contributed by atoms with Crippen molar-refractivity contribution in [2.75, 3.05) is 23.8 Å². The fourth-order valence-corrected chi connectivity index (χ4v) is 4.75. The molecule has 1 fully saturated rings. The third-order valence-electron chi connectivity index (χ3n) is 6.59. The summed E-state index contributed by atoms with van der Waals surface area (Å²) in [5, 5.41) is 0. The second-order valence-electron chi connectivity index (χ2n) is 10.0. The van der Waals surface area contributed by atoms with Crippen LogP contribution in [0, 0.1) is 11.8 Å². The largest absolute Gasteiger partial charge is 0.456 e. The summed E-state index contributed by atoms with van der Waals surface area (Å²) < 4.78 is 6.48. The number of amides is 1. The van der Waals surface area contributed by atoms with Gasteiger partial charge in [-0.15, -0.1) is 0 Å². The average molecular weight is 499 g/mol. The molecular formula is C27H38N4O5. The van der Waals surface area contributed by atoms with Crippen molar-refractivity contribution in [1.29, 1.82) is 0 Å². The normalized spacial score (nSPS) is 14.1. The summed E-state index contributed by atoms with van der Waals surface area (Å²) in [4.78, 5) is 54.2. The van der Waals surface area contributed by atoms with Crippen molar-refractivity contribution in [3.63, 3.8) is 0 Å². The van der Waals surface area contributed by atoms with E-state index in [0.717, 1.165) is 18.4 Å². The van der Waals surface area contributed by atoms with Gasteiger partial charge in [-0.3, -0.25) is 23.9 Å². The summed E-state index contributed by atoms with van der Waals surface area (Å²) in [7, 11) is 0. The molecule has 1 heterocycles. The number of benzene rings is 1. The van der Waals surface area contributed by atoms with E-state index >= 15 is 0 Å². The molecule has 1 aromatic carbocycles. The monoisotopic (exact) mass is 498 g/mol. The van der Waals surface area contributed by atoms with Gasteiger partial charge in [0.15, 0.2) is 12.3 Å². The maximum absolute atomic E-state index is 13.1. The van der Waals surface area contributed by atoms with Crippen LogP contribution in [0.4, 0.5) is 11.5 Å². The van der Waals surface area contributed by atoms with Crippen LogP contribution < -0.4 is 21.9 Å². The van der Waals surface area contributed by atoms with Crippen molar-refractivity contribution in [2.24, 2.45) is 11.8 Å². The maximum Gasteiger partial charge on any atom is 0.330 e. The molecule has 9 nitrogen and oxygen atoms in total. The van der Waals surface area contributed by atoms with E-state index in [1.54, 1.807) is 0 Å². The summed E-state index contributed by atoms with van der Waals surface area (Å²) in [6.45, 7) is 3.60. The first-order valence-electron chi connectivity index (χ1n) is 12.9. The van der Waals surface area contributed by atoms with Crippen LogP contribution in [-0.2, 0) is 20.9 Å². The third kappa shape index (κ3) is 7.57. The Hall–Kier alpha value is -3.36. The van der Waals surface area contributed by atoms with Gasteiger partial charge >= 0.3 is 11.7 Å². The van der Waals surface area contributed by atoms with Gasteiger partial charge in [-0.05, 0) is 30.2 Å². The second-order valence-corrected chi connectivity index (χ2v) is 10.0. The number of aromatic amines is 1. The molecule has 3 rings (SSSR count). The van der Waals surface area contributed by atoms with E-state index in [-0.39, 0.29) is 36.9 Å². The van der Waals surface area contributed by atoms with Crippen LogP contribution in [-0.4, -0.2) is 34.6 Å². The molecule has 0 spiro atoms. The van der Waals surface area contributed by atoms with Gasteiger partial charge in [-0.25, -0.2) is 4.79 Å². The number of anilines is 2. The highest BCUT2D eigenvalue weighted by atomic mass is 16.5. The molecule has 1 saturated carbocycles. The lowest BCUT2D eigenvalue weighted by Crippen LogP contribution is -2.44. The SMILES string of the molecule is CC(C)CN(C(=O)COC(=O)CCCC1CCCCC1)c1c(N)n(Cc2ccccc2)c(=O)[nH]c1=O. The molecule has 1 aliphatic rings. The highest BCUT2D eigenvalue weighted by molar-refractivity contribution is 5.97. The minimum atomic E-state index is -0.755. The Bertz CT molecular complexity index is 1130. The third-order valence-corrected chi connectivity index (χ3v) is 6.59. The molecule has 0 unspecified atom stereocenters. The molecule has 0 aliphatic heterocycles. The van der Waals surface area contributed by atoms with Gasteiger partial charge in [0.1, 0.15) is 5.82 Å². The fourth-order valence-electron chi connectivity index (χ4n) is 4.75. The predicted octanol–water partition coefficient (Wildman–Crippen LogP) is 3.45. The van der Waals surface area contributed by atoms with E-state index in [1.807, 2.05) is 44.2 Å². The van der Waals surface area contributed by atoms with Crippen molar-refractivity contribution in [3.8, 4) is 0 Å². The first-order chi connectivity index (χ1) is 17.3. The van der Waals surface area contributed by atoms with Crippen molar-refractivity contribution < 1.29 is 14.3 Å². The molecule has 196 valence electrons. The Morgan fingerprint density at radius 3 is 2.50 bits per heavy atom. The number of carbonyl (C=O) groups excluding carboxylic acids is 2. The quantitative estimate of drug-likeness (QED) is 0.457. The van der Waals surface area contributed by atoms with Gasteiger partial charge < -0.3 is 15.4 Å². The van der Waals surface area contributed by atoms with Crippen molar-refractivity contribution in [2.45, 2.75) is 71.8 Å². The fraction of sp³-hybridized carbons (Fsp3) is 0.556. The molecule has 36 heavy (non-hydrogen) atoms. The van der Waals surface area contributed by atoms with Gasteiger partial charge in [-0.2, -0.15) is 0 Å². The smallest absolute Gasteiger partial charge is 0.330 e. The van der Waals surface area contributed by atoms with Gasteiger partial charge in [-0.1, -0.05) is 76.3 Å². The van der Waals surface area contributed by atoms with Crippen LogP contribution in [0.2, 0.25) is 0 Å². The minimum Gasteiger partial charge on any atom is -0.456 e. The number of rotatable bonds is 11. The number of hydrogen-bond acceptors (Lipinski definition) is 6. The highest BCUT2D eigenvalue weighted by Gasteiger charge is 2.26. The number of nitrogens with one attached hydrogen (secondary N) is 1. The first-order valence-corrected chi connectivity index (χ1v) is 12.9. The van der Waals surface area contributed by atoms with Crippen LogP contribution in [0.15, 0.2) is 39.9 Å². The summed E-state index contributed by atoms with van der Waals surface area (Å²) in [5.74, 6) is -0.434. The number of ether oxygens (including phenoxy) is 1. The first kappa shape index (κ1) is 27.2. The van der Waals surface area contributed by atoms with E-state index in [1.165, 1.54) is 41.6 Å². The van der Waals surface area contributed by atoms with Gasteiger partial charge in [0.05, 0.1) is 6.54 Å². The van der Waals surface area contributed by atoms with Crippen LogP contribution >= 0.6 is 0 Å². The Morgan fingerprint density at radius 1 is 1.14 bits per heavy atom. The van der Waals surface area contributed by atoms with E-state index in [2.05, 4.69) is 4.98 Å². The Morgan fingerprint density at radius 2 is 1.83 bits per heavy atom. The number of nitrogens with two attached hydrogens (primary N) is 1. The van der Waals surface area contributed by atoms with Crippen molar-refractivity contribution >= 4 is 23.4 Å². The maximum atomic E-state index is 13.1. The Balaban J connectivity index is 1.70. The number of hydrogen-bond donors (Lipinski definition) is 2. The van der Waals surface area contributed by atoms with Crippen LogP contribution in [0.5, 0.6) is 0 Å². The van der Waals surface area contributed by atoms with E-state index in [0.29, 0.717) is 5.92 Å². The summed E-state index contributed by atoms with van der Waals surface area (Å²) >= 11 is 0. The molecule has 9 heteroatoms. The minimum absolute atomic E-state index is 0.00607. The van der Waals surface area contributed by atoms with Gasteiger partial charge in [0.2, 0.25) is 0 Å². The van der Waals surface area contributed by atoms with E-state index in [4.69, 9.17) is 10.5 Å². The zero-order chi connectivity index (χ0) is 26.1. The molecule has 0 radical (unpaired) electrons. The molecule has 1 aliphatic carbocycles. The lowest BCUT2D eigenvalue weighted by Gasteiger charge is -2.26. The Labute approximate surface area is 211 Å². The topological polar surface area (TPSA) is 127 Å². The Kier molecular flexibility index (Phi) is 9.90. The average Bonchev–Trinajstić information content (AvgIpc) is 2.85. The number of aromatic nitrogens is 2. The summed E-state index contributed by atoms with van der Waals surface area (Å²) in [6.07, 6.45) is 8.26. The van der Waals surface area contributed by atoms with E-state index < -0.39 is 29.7 Å². The van der Waals surface area contributed by atoms with Gasteiger partial charge in [0.25, 0.3) is 11.5 Å². The number of nitrogen functional groups attached to an aromatic ring is 1. The predicted molar refractivity (Wildman–Crippen MR) is 140 cm³/mol. The number of carbonyl (C=O) groups is 2. The molecule has 1 aromatic heterocycles. The second kappa shape index (κ2) is 13.1. The highest BCUT2D eigenvalue weighted by Crippen LogP contribution is 2.27. The van der Waals surface area contributed by atoms with Crippen molar-refractivity contribution in [1.82, 2.24) is 9.55 Å². The van der Waals surface area contributed by atoms with Crippen LogP contribution in [0.25, 0.3) is 0 Å². The summed E-state index contributed by atoms with van der Waals surface area (Å²) in [6, 6.07) is 9.19. The zero-order valence-electron chi connectivity index (χ0n) is 21.3. The lowest BCUT2D eigenvalue weighted by molar-refractivity contribution is -0.148. The number of H-pyrrole nitrogens is 1. The molecular weight excluding hydrogens is 460 g/mol. The molecule has 3 N–H and O–H groups in total. The molecule has 0 saturated heterocycles. The molecule has 1 amide bonds. The van der Waals surface area contributed by atoms with Crippen LogP contribution in [0.3, 0.4) is 0 Å². The van der Waals surface area contributed by atoms with E-state index in [9.17, 15) is 19.2 Å². The van der Waals surface area contributed by atoms with Crippen LogP contribution in [0.1, 0.15) is 70.8 Å². The molecule has 2 aromatic rings. The van der Waals surface area contributed by atoms with Crippen molar-refractivity contribution in [3.05, 3.63) is 56.7 Å².